The first-order valence-electron chi connectivity index (χ1n) is 8.39. The summed E-state index contributed by atoms with van der Waals surface area (Å²) in [6.45, 7) is 2.79. The van der Waals surface area contributed by atoms with E-state index in [1.54, 1.807) is 29.2 Å². The number of anilines is 1. The number of thiazole rings is 1. The third-order valence-corrected chi connectivity index (χ3v) is 5.13. The highest BCUT2D eigenvalue weighted by Gasteiger charge is 2.21. The Balaban J connectivity index is 1.94. The van der Waals surface area contributed by atoms with Gasteiger partial charge in [0.2, 0.25) is 0 Å². The van der Waals surface area contributed by atoms with Gasteiger partial charge in [0.1, 0.15) is 0 Å². The van der Waals surface area contributed by atoms with Crippen LogP contribution in [0.15, 0.2) is 48.5 Å². The number of amides is 1. The summed E-state index contributed by atoms with van der Waals surface area (Å²) in [6.07, 6.45) is 0. The van der Waals surface area contributed by atoms with Gasteiger partial charge in [-0.1, -0.05) is 35.6 Å². The van der Waals surface area contributed by atoms with E-state index in [2.05, 4.69) is 4.98 Å². The van der Waals surface area contributed by atoms with Crippen LogP contribution in [-0.4, -0.2) is 48.8 Å². The van der Waals surface area contributed by atoms with Gasteiger partial charge in [-0.05, 0) is 45.3 Å². The fourth-order valence-corrected chi connectivity index (χ4v) is 3.55. The normalized spacial score (nSPS) is 11.1. The summed E-state index contributed by atoms with van der Waals surface area (Å²) < 4.78 is 1.05. The van der Waals surface area contributed by atoms with Crippen molar-refractivity contribution in [1.82, 2.24) is 9.88 Å². The summed E-state index contributed by atoms with van der Waals surface area (Å²) in [6, 6.07) is 14.7. The van der Waals surface area contributed by atoms with Crippen LogP contribution in [0.1, 0.15) is 27.6 Å². The van der Waals surface area contributed by atoms with E-state index in [1.807, 2.05) is 43.3 Å². The number of hydrogen-bond acceptors (Lipinski definition) is 5. The molecule has 0 saturated carbocycles. The molecular formula is C20H21N3O2S. The number of Topliss-reactive ketones (excluding diaryl/α,β-unsaturated/α-hetero) is 1. The van der Waals surface area contributed by atoms with Gasteiger partial charge >= 0.3 is 0 Å². The molecule has 0 aliphatic heterocycles. The molecule has 1 heterocycles. The number of rotatable bonds is 6. The molecule has 6 heteroatoms. The van der Waals surface area contributed by atoms with Crippen molar-refractivity contribution in [2.75, 3.05) is 32.1 Å². The second-order valence-corrected chi connectivity index (χ2v) is 7.37. The summed E-state index contributed by atoms with van der Waals surface area (Å²) in [4.78, 5) is 32.9. The number of fused-ring (bicyclic) bond motifs is 1. The third kappa shape index (κ3) is 3.98. The maximum absolute atomic E-state index is 13.1. The lowest BCUT2D eigenvalue weighted by Gasteiger charge is -2.22. The van der Waals surface area contributed by atoms with Crippen LogP contribution < -0.4 is 4.90 Å². The van der Waals surface area contributed by atoms with E-state index in [0.717, 1.165) is 16.8 Å². The predicted molar refractivity (Wildman–Crippen MR) is 106 cm³/mol. The number of ketones is 1. The van der Waals surface area contributed by atoms with Crippen molar-refractivity contribution in [2.24, 2.45) is 0 Å². The maximum Gasteiger partial charge on any atom is 0.260 e. The van der Waals surface area contributed by atoms with Gasteiger partial charge in [-0.25, -0.2) is 4.98 Å². The number of carbonyl (C=O) groups excluding carboxylic acids is 2. The topological polar surface area (TPSA) is 53.5 Å². The van der Waals surface area contributed by atoms with E-state index < -0.39 is 0 Å². The molecule has 0 atom stereocenters. The Morgan fingerprint density at radius 3 is 2.23 bits per heavy atom. The molecule has 134 valence electrons. The molecule has 3 aromatic rings. The van der Waals surface area contributed by atoms with Gasteiger partial charge in [0.15, 0.2) is 10.9 Å². The molecule has 0 spiro atoms. The monoisotopic (exact) mass is 367 g/mol. The quantitative estimate of drug-likeness (QED) is 0.623. The van der Waals surface area contributed by atoms with Gasteiger partial charge in [-0.3, -0.25) is 14.5 Å². The maximum atomic E-state index is 13.1. The van der Waals surface area contributed by atoms with E-state index in [1.165, 1.54) is 18.3 Å². The van der Waals surface area contributed by atoms with E-state index >= 15 is 0 Å². The molecule has 2 aromatic carbocycles. The summed E-state index contributed by atoms with van der Waals surface area (Å²) in [5, 5.41) is 0.689. The van der Waals surface area contributed by atoms with Gasteiger partial charge in [0.05, 0.1) is 10.2 Å². The average Bonchev–Trinajstić information content (AvgIpc) is 3.05. The molecular weight excluding hydrogens is 346 g/mol. The lowest BCUT2D eigenvalue weighted by molar-refractivity contribution is 0.0981. The number of likely N-dealkylation sites (N-methyl/N-ethyl adjacent to an activating group) is 1. The third-order valence-electron chi connectivity index (χ3n) is 4.07. The van der Waals surface area contributed by atoms with Crippen LogP contribution in [-0.2, 0) is 0 Å². The van der Waals surface area contributed by atoms with Crippen molar-refractivity contribution in [3.05, 3.63) is 59.7 Å². The van der Waals surface area contributed by atoms with Crippen LogP contribution in [0.5, 0.6) is 0 Å². The summed E-state index contributed by atoms with van der Waals surface area (Å²) in [5.41, 5.74) is 2.04. The molecule has 0 radical (unpaired) electrons. The van der Waals surface area contributed by atoms with Crippen LogP contribution in [0.3, 0.4) is 0 Å². The summed E-state index contributed by atoms with van der Waals surface area (Å²) in [5.74, 6) is -0.124. The molecule has 1 aromatic heterocycles. The summed E-state index contributed by atoms with van der Waals surface area (Å²) in [7, 11) is 3.95. The fraction of sp³-hybridized carbons (Fsp3) is 0.250. The smallest absolute Gasteiger partial charge is 0.260 e. The standard InChI is InChI=1S/C20H21N3O2S/c1-14(24)15-8-10-16(11-9-15)19(25)23(13-12-22(2)3)20-21-17-6-4-5-7-18(17)26-20/h4-11H,12-13H2,1-3H3. The van der Waals surface area contributed by atoms with E-state index in [9.17, 15) is 9.59 Å². The minimum atomic E-state index is -0.110. The molecule has 1 amide bonds. The van der Waals surface area contributed by atoms with Gasteiger partial charge in [0, 0.05) is 24.2 Å². The minimum absolute atomic E-state index is 0.0142. The molecule has 5 nitrogen and oxygen atoms in total. The molecule has 26 heavy (non-hydrogen) atoms. The van der Waals surface area contributed by atoms with Crippen molar-refractivity contribution in [2.45, 2.75) is 6.92 Å². The molecule has 3 rings (SSSR count). The molecule has 0 aliphatic rings. The van der Waals surface area contributed by atoms with Crippen molar-refractivity contribution in [3.8, 4) is 0 Å². The zero-order valence-corrected chi connectivity index (χ0v) is 15.9. The van der Waals surface area contributed by atoms with Crippen LogP contribution in [0, 0.1) is 0 Å². The minimum Gasteiger partial charge on any atom is -0.308 e. The predicted octanol–water partition coefficient (Wildman–Crippen LogP) is 3.71. The zero-order valence-electron chi connectivity index (χ0n) is 15.1. The number of carbonyl (C=O) groups is 2. The Hall–Kier alpha value is -2.57. The first kappa shape index (κ1) is 18.2. The Morgan fingerprint density at radius 1 is 0.962 bits per heavy atom. The van der Waals surface area contributed by atoms with Gasteiger partial charge < -0.3 is 4.90 Å². The Kier molecular flexibility index (Phi) is 5.44. The second kappa shape index (κ2) is 7.76. The number of aromatic nitrogens is 1. The highest BCUT2D eigenvalue weighted by Crippen LogP contribution is 2.29. The molecule has 0 fully saturated rings. The zero-order chi connectivity index (χ0) is 18.7. The highest BCUT2D eigenvalue weighted by atomic mass is 32.1. The molecule has 0 bridgehead atoms. The molecule has 0 unspecified atom stereocenters. The van der Waals surface area contributed by atoms with Crippen molar-refractivity contribution in [1.29, 1.82) is 0 Å². The number of benzene rings is 2. The van der Waals surface area contributed by atoms with Crippen LogP contribution in [0.25, 0.3) is 10.2 Å². The molecule has 0 saturated heterocycles. The fourth-order valence-electron chi connectivity index (χ4n) is 2.56. The lowest BCUT2D eigenvalue weighted by atomic mass is 10.1. The largest absolute Gasteiger partial charge is 0.308 e. The first-order valence-corrected chi connectivity index (χ1v) is 9.20. The lowest BCUT2D eigenvalue weighted by Crippen LogP contribution is -2.36. The van der Waals surface area contributed by atoms with Crippen molar-refractivity contribution in [3.63, 3.8) is 0 Å². The van der Waals surface area contributed by atoms with E-state index in [4.69, 9.17) is 0 Å². The second-order valence-electron chi connectivity index (χ2n) is 6.36. The van der Waals surface area contributed by atoms with Crippen LogP contribution in [0.4, 0.5) is 5.13 Å². The summed E-state index contributed by atoms with van der Waals surface area (Å²) >= 11 is 1.51. The molecule has 0 N–H and O–H groups in total. The van der Waals surface area contributed by atoms with E-state index in [-0.39, 0.29) is 11.7 Å². The Morgan fingerprint density at radius 2 is 1.62 bits per heavy atom. The van der Waals surface area contributed by atoms with E-state index in [0.29, 0.717) is 22.8 Å². The van der Waals surface area contributed by atoms with Gasteiger partial charge in [-0.15, -0.1) is 0 Å². The Labute approximate surface area is 156 Å². The number of hydrogen-bond donors (Lipinski definition) is 0. The van der Waals surface area contributed by atoms with Gasteiger partial charge in [0.25, 0.3) is 5.91 Å². The number of nitrogens with zero attached hydrogens (tertiary/aromatic N) is 3. The SMILES string of the molecule is CC(=O)c1ccc(C(=O)N(CCN(C)C)c2nc3ccccc3s2)cc1. The first-order chi connectivity index (χ1) is 12.5. The van der Waals surface area contributed by atoms with Crippen molar-refractivity contribution < 1.29 is 9.59 Å². The molecule has 0 aliphatic carbocycles. The highest BCUT2D eigenvalue weighted by molar-refractivity contribution is 7.22. The van der Waals surface area contributed by atoms with Crippen LogP contribution in [0.2, 0.25) is 0 Å². The average molecular weight is 367 g/mol. The Bertz CT molecular complexity index is 899. The number of para-hydroxylation sites is 1. The van der Waals surface area contributed by atoms with Crippen molar-refractivity contribution >= 4 is 38.4 Å². The van der Waals surface area contributed by atoms with Gasteiger partial charge in [-0.2, -0.15) is 0 Å². The van der Waals surface area contributed by atoms with Crippen LogP contribution >= 0.6 is 11.3 Å².